The third kappa shape index (κ3) is 4.16. The Hall–Kier alpha value is -4.97. The van der Waals surface area contributed by atoms with Crippen molar-refractivity contribution in [2.45, 2.75) is 0 Å². The molecule has 0 fully saturated rings. The summed E-state index contributed by atoms with van der Waals surface area (Å²) < 4.78 is 0. The van der Waals surface area contributed by atoms with Crippen molar-refractivity contribution in [1.29, 1.82) is 0 Å². The molecule has 0 atom stereocenters. The maximum absolute atomic E-state index is 4.82. The number of hydrogen-bond acceptors (Lipinski definition) is 6. The molecule has 0 N–H and O–H groups in total. The lowest BCUT2D eigenvalue weighted by atomic mass is 10.1. The molecule has 0 saturated carbocycles. The maximum atomic E-state index is 4.82. The molecule has 6 rings (SSSR count). The maximum Gasteiger partial charge on any atom is 0.165 e. The summed E-state index contributed by atoms with van der Waals surface area (Å²) >= 11 is 0. The van der Waals surface area contributed by atoms with Gasteiger partial charge in [-0.3, -0.25) is 9.97 Å². The largest absolute Gasteiger partial charge is 0.344 e. The summed E-state index contributed by atoms with van der Waals surface area (Å²) in [6.45, 7) is 0. The highest BCUT2D eigenvalue weighted by atomic mass is 15.1. The summed E-state index contributed by atoms with van der Waals surface area (Å²) in [6, 6.07) is 30.7. The minimum absolute atomic E-state index is 0.569. The number of nitrogens with zero attached hydrogens (tertiary/aromatic N) is 6. The van der Waals surface area contributed by atoms with Crippen LogP contribution in [0.2, 0.25) is 0 Å². The molecule has 6 nitrogen and oxygen atoms in total. The van der Waals surface area contributed by atoms with Crippen molar-refractivity contribution in [2.75, 3.05) is 11.9 Å². The Bertz CT molecular complexity index is 1590. The predicted octanol–water partition coefficient (Wildman–Crippen LogP) is 6.58. The number of fused-ring (bicyclic) bond motifs is 1. The molecular formula is C30H22N6. The average Bonchev–Trinajstić information content (AvgIpc) is 2.97. The Labute approximate surface area is 209 Å². The highest BCUT2D eigenvalue weighted by Gasteiger charge is 2.14. The van der Waals surface area contributed by atoms with Crippen LogP contribution in [0.15, 0.2) is 116 Å². The monoisotopic (exact) mass is 466 g/mol. The summed E-state index contributed by atoms with van der Waals surface area (Å²) in [5.41, 5.74) is 4.73. The molecule has 0 bridgehead atoms. The first kappa shape index (κ1) is 21.6. The zero-order valence-electron chi connectivity index (χ0n) is 19.7. The van der Waals surface area contributed by atoms with Gasteiger partial charge in [0.05, 0.1) is 0 Å². The molecule has 0 unspecified atom stereocenters. The van der Waals surface area contributed by atoms with Crippen molar-refractivity contribution in [1.82, 2.24) is 24.9 Å². The Balaban J connectivity index is 1.46. The van der Waals surface area contributed by atoms with Gasteiger partial charge in [-0.05, 0) is 47.9 Å². The Morgan fingerprint density at radius 2 is 1.14 bits per heavy atom. The van der Waals surface area contributed by atoms with Crippen LogP contribution in [0.1, 0.15) is 0 Å². The highest BCUT2D eigenvalue weighted by Crippen LogP contribution is 2.33. The second kappa shape index (κ2) is 9.35. The van der Waals surface area contributed by atoms with Gasteiger partial charge in [-0.25, -0.2) is 15.0 Å². The molecule has 0 aliphatic carbocycles. The van der Waals surface area contributed by atoms with Gasteiger partial charge in [0.15, 0.2) is 17.5 Å². The van der Waals surface area contributed by atoms with Gasteiger partial charge in [-0.1, -0.05) is 48.5 Å². The number of pyridine rings is 2. The van der Waals surface area contributed by atoms with Crippen LogP contribution in [0.3, 0.4) is 0 Å². The quantitative estimate of drug-likeness (QED) is 0.286. The first-order chi connectivity index (χ1) is 17.8. The second-order valence-corrected chi connectivity index (χ2v) is 8.40. The van der Waals surface area contributed by atoms with Crippen molar-refractivity contribution in [3.8, 4) is 34.2 Å². The molecule has 6 aromatic rings. The molecule has 0 aliphatic heterocycles. The first-order valence-electron chi connectivity index (χ1n) is 11.6. The van der Waals surface area contributed by atoms with Crippen LogP contribution in [0, 0.1) is 0 Å². The van der Waals surface area contributed by atoms with E-state index in [-0.39, 0.29) is 0 Å². The SMILES string of the molecule is CN(c1cccc(-c2nc(-c3cccnc3)nc(-c3cccnc3)n2)c1)c1cccc2ccccc12. The summed E-state index contributed by atoms with van der Waals surface area (Å²) in [4.78, 5) is 25.0. The van der Waals surface area contributed by atoms with Gasteiger partial charge in [0.2, 0.25) is 0 Å². The van der Waals surface area contributed by atoms with E-state index < -0.39 is 0 Å². The molecule has 0 radical (unpaired) electrons. The van der Waals surface area contributed by atoms with Crippen molar-refractivity contribution in [3.05, 3.63) is 116 Å². The van der Waals surface area contributed by atoms with Crippen molar-refractivity contribution in [2.24, 2.45) is 0 Å². The minimum Gasteiger partial charge on any atom is -0.344 e. The topological polar surface area (TPSA) is 67.7 Å². The number of benzene rings is 3. The standard InChI is InChI=1S/C30H22N6/c1-36(27-15-5-9-21-8-2-3-14-26(21)27)25-13-4-10-22(18-25)28-33-29(23-11-6-16-31-19-23)35-30(34-28)24-12-7-17-32-20-24/h2-20H,1H3. The van der Waals surface area contributed by atoms with E-state index >= 15 is 0 Å². The second-order valence-electron chi connectivity index (χ2n) is 8.40. The summed E-state index contributed by atoms with van der Waals surface area (Å²) in [6.07, 6.45) is 6.99. The van der Waals surface area contributed by atoms with Crippen molar-refractivity contribution >= 4 is 22.1 Å². The third-order valence-corrected chi connectivity index (χ3v) is 6.09. The van der Waals surface area contributed by atoms with Crippen LogP contribution in [-0.4, -0.2) is 32.0 Å². The summed E-state index contributed by atoms with van der Waals surface area (Å²) in [7, 11) is 2.08. The number of aromatic nitrogens is 5. The van der Waals surface area contributed by atoms with Gasteiger partial charge < -0.3 is 4.90 Å². The smallest absolute Gasteiger partial charge is 0.165 e. The molecule has 0 saturated heterocycles. The van der Waals surface area contributed by atoms with Crippen LogP contribution < -0.4 is 4.90 Å². The lowest BCUT2D eigenvalue weighted by molar-refractivity contribution is 1.07. The van der Waals surface area contributed by atoms with Crippen LogP contribution >= 0.6 is 0 Å². The van der Waals surface area contributed by atoms with E-state index in [9.17, 15) is 0 Å². The normalized spacial score (nSPS) is 10.9. The Morgan fingerprint density at radius 3 is 1.81 bits per heavy atom. The van der Waals surface area contributed by atoms with Gasteiger partial charge in [-0.15, -0.1) is 0 Å². The fraction of sp³-hybridized carbons (Fsp3) is 0.0333. The third-order valence-electron chi connectivity index (χ3n) is 6.09. The number of rotatable bonds is 5. The van der Waals surface area contributed by atoms with Crippen LogP contribution in [0.4, 0.5) is 11.4 Å². The molecule has 0 amide bonds. The Kier molecular flexibility index (Phi) is 5.60. The van der Waals surface area contributed by atoms with Gasteiger partial charge in [0, 0.05) is 65.3 Å². The fourth-order valence-electron chi connectivity index (χ4n) is 4.25. The van der Waals surface area contributed by atoms with Crippen molar-refractivity contribution in [3.63, 3.8) is 0 Å². The van der Waals surface area contributed by atoms with Gasteiger partial charge in [-0.2, -0.15) is 0 Å². The van der Waals surface area contributed by atoms with Crippen molar-refractivity contribution < 1.29 is 0 Å². The highest BCUT2D eigenvalue weighted by molar-refractivity contribution is 5.96. The lowest BCUT2D eigenvalue weighted by Gasteiger charge is -2.22. The molecule has 3 heterocycles. The molecule has 172 valence electrons. The first-order valence-corrected chi connectivity index (χ1v) is 11.6. The minimum atomic E-state index is 0.569. The molecule has 0 spiro atoms. The fourth-order valence-corrected chi connectivity index (χ4v) is 4.25. The van der Waals surface area contributed by atoms with E-state index in [2.05, 4.69) is 76.5 Å². The van der Waals surface area contributed by atoms with E-state index in [1.165, 1.54) is 10.8 Å². The Morgan fingerprint density at radius 1 is 0.556 bits per heavy atom. The van der Waals surface area contributed by atoms with Crippen LogP contribution in [-0.2, 0) is 0 Å². The molecular weight excluding hydrogens is 444 g/mol. The van der Waals surface area contributed by atoms with Gasteiger partial charge >= 0.3 is 0 Å². The lowest BCUT2D eigenvalue weighted by Crippen LogP contribution is -2.10. The molecule has 0 aliphatic rings. The zero-order chi connectivity index (χ0) is 24.3. The number of hydrogen-bond donors (Lipinski definition) is 0. The zero-order valence-corrected chi connectivity index (χ0v) is 19.7. The molecule has 3 aromatic carbocycles. The van der Waals surface area contributed by atoms with E-state index in [4.69, 9.17) is 15.0 Å². The predicted molar refractivity (Wildman–Crippen MR) is 144 cm³/mol. The summed E-state index contributed by atoms with van der Waals surface area (Å²) in [5.74, 6) is 1.73. The van der Waals surface area contributed by atoms with E-state index in [0.717, 1.165) is 28.1 Å². The molecule has 3 aromatic heterocycles. The van der Waals surface area contributed by atoms with E-state index in [0.29, 0.717) is 17.5 Å². The van der Waals surface area contributed by atoms with E-state index in [1.807, 2.05) is 36.4 Å². The average molecular weight is 467 g/mol. The van der Waals surface area contributed by atoms with E-state index in [1.54, 1.807) is 24.8 Å². The van der Waals surface area contributed by atoms with Gasteiger partial charge in [0.25, 0.3) is 0 Å². The van der Waals surface area contributed by atoms with Gasteiger partial charge in [0.1, 0.15) is 0 Å². The van der Waals surface area contributed by atoms with Crippen LogP contribution in [0.25, 0.3) is 44.9 Å². The number of anilines is 2. The van der Waals surface area contributed by atoms with Crippen LogP contribution in [0.5, 0.6) is 0 Å². The summed E-state index contributed by atoms with van der Waals surface area (Å²) in [5, 5.41) is 2.41. The molecule has 6 heteroatoms. The molecule has 36 heavy (non-hydrogen) atoms.